The lowest BCUT2D eigenvalue weighted by molar-refractivity contribution is 0.226. The molecule has 0 saturated carbocycles. The first-order chi connectivity index (χ1) is 7.38. The number of aryl methyl sites for hydroxylation is 1. The number of halogens is 2. The molecule has 0 amide bonds. The van der Waals surface area contributed by atoms with Crippen LogP contribution in [-0.4, -0.2) is 23.2 Å². The third kappa shape index (κ3) is 4.80. The summed E-state index contributed by atoms with van der Waals surface area (Å²) >= 11 is 0. The number of rotatable bonds is 5. The number of benzene rings is 1. The molecule has 0 aliphatic heterocycles. The highest BCUT2D eigenvalue weighted by molar-refractivity contribution is 6.56. The Morgan fingerprint density at radius 1 is 1.06 bits per heavy atom. The van der Waals surface area contributed by atoms with Gasteiger partial charge in [0.05, 0.1) is 0 Å². The van der Waals surface area contributed by atoms with E-state index in [1.165, 1.54) is 12.1 Å². The second-order valence-corrected chi connectivity index (χ2v) is 5.77. The van der Waals surface area contributed by atoms with Crippen molar-refractivity contribution in [3.63, 3.8) is 0 Å². The van der Waals surface area contributed by atoms with Crippen LogP contribution in [0.25, 0.3) is 0 Å². The summed E-state index contributed by atoms with van der Waals surface area (Å²) in [6.07, 6.45) is 1.29. The Kier molecular flexibility index (Phi) is 4.54. The maximum atomic E-state index is 13.1. The Bertz CT molecular complexity index is 352. The minimum Gasteiger partial charge on any atom is -0.390 e. The molecule has 3 N–H and O–H groups in total. The van der Waals surface area contributed by atoms with Crippen LogP contribution in [0.5, 0.6) is 0 Å². The Labute approximate surface area is 93.4 Å². The van der Waals surface area contributed by atoms with Gasteiger partial charge in [0.25, 0.3) is 0 Å². The van der Waals surface area contributed by atoms with Gasteiger partial charge in [-0.05, 0) is 30.9 Å². The normalized spacial score (nSPS) is 11.8. The maximum absolute atomic E-state index is 13.1. The summed E-state index contributed by atoms with van der Waals surface area (Å²) < 4.78 is 25.7. The molecule has 90 valence electrons. The fourth-order valence-corrected chi connectivity index (χ4v) is 2.13. The summed E-state index contributed by atoms with van der Waals surface area (Å²) in [5.41, 5.74) is 0.391. The topological polar surface area (TPSA) is 60.7 Å². The van der Waals surface area contributed by atoms with E-state index in [1.807, 2.05) is 0 Å². The maximum Gasteiger partial charge on any atom is 0.492 e. The first kappa shape index (κ1) is 13.2. The second-order valence-electron chi connectivity index (χ2n) is 3.72. The Morgan fingerprint density at radius 3 is 2.31 bits per heavy atom. The zero-order valence-corrected chi connectivity index (χ0v) is 9.66. The molecule has 0 aliphatic rings. The first-order valence-electron chi connectivity index (χ1n) is 4.99. The largest absolute Gasteiger partial charge is 0.492 e. The molecule has 0 saturated heterocycles. The van der Waals surface area contributed by atoms with Gasteiger partial charge in [-0.25, -0.2) is 8.78 Å². The van der Waals surface area contributed by atoms with Crippen molar-refractivity contribution in [3.05, 3.63) is 35.4 Å². The molecule has 0 atom stereocenters. The predicted octanol–water partition coefficient (Wildman–Crippen LogP) is 1.20. The summed E-state index contributed by atoms with van der Waals surface area (Å²) in [5, 5.41) is 0. The number of unbranched alkanes of at least 4 members (excludes halogenated alkanes) is 1. The van der Waals surface area contributed by atoms with E-state index in [0.29, 0.717) is 24.8 Å². The van der Waals surface area contributed by atoms with Gasteiger partial charge in [0.1, 0.15) is 11.6 Å². The van der Waals surface area contributed by atoms with Gasteiger partial charge in [-0.15, -0.1) is 0 Å². The molecule has 0 spiro atoms. The van der Waals surface area contributed by atoms with Crippen molar-refractivity contribution in [2.45, 2.75) is 25.3 Å². The van der Waals surface area contributed by atoms with E-state index < -0.39 is 20.4 Å². The van der Waals surface area contributed by atoms with Gasteiger partial charge in [0.15, 0.2) is 0 Å². The molecule has 0 aliphatic carbocycles. The molecule has 16 heavy (non-hydrogen) atoms. The predicted molar refractivity (Wildman–Crippen MR) is 56.5 cm³/mol. The van der Waals surface area contributed by atoms with Gasteiger partial charge in [0.2, 0.25) is 0 Å². The number of hydrogen-bond donors (Lipinski definition) is 3. The van der Waals surface area contributed by atoms with Crippen LogP contribution in [-0.2, 0) is 6.42 Å². The second kappa shape index (κ2) is 5.49. The van der Waals surface area contributed by atoms with Crippen LogP contribution in [0.2, 0.25) is 6.04 Å². The van der Waals surface area contributed by atoms with Gasteiger partial charge in [-0.3, -0.25) is 0 Å². The van der Waals surface area contributed by atoms with E-state index in [9.17, 15) is 8.78 Å². The van der Waals surface area contributed by atoms with E-state index in [-0.39, 0.29) is 6.04 Å². The quantitative estimate of drug-likeness (QED) is 0.542. The van der Waals surface area contributed by atoms with Crippen LogP contribution < -0.4 is 0 Å². The summed E-state index contributed by atoms with van der Waals surface area (Å²) in [6.45, 7) is 0. The van der Waals surface area contributed by atoms with Crippen LogP contribution in [0, 0.1) is 11.6 Å². The highest BCUT2D eigenvalue weighted by Gasteiger charge is 2.25. The minimum absolute atomic E-state index is 0.0597. The molecule has 1 aromatic carbocycles. The highest BCUT2D eigenvalue weighted by Crippen LogP contribution is 2.14. The molecule has 0 bridgehead atoms. The smallest absolute Gasteiger partial charge is 0.390 e. The number of hydrogen-bond acceptors (Lipinski definition) is 3. The van der Waals surface area contributed by atoms with E-state index in [2.05, 4.69) is 0 Å². The van der Waals surface area contributed by atoms with Gasteiger partial charge in [0, 0.05) is 12.1 Å². The van der Waals surface area contributed by atoms with E-state index >= 15 is 0 Å². The SMILES string of the molecule is O[Si](O)(O)CCCCc1ccc(F)cc1F. The van der Waals surface area contributed by atoms with Crippen LogP contribution in [0.3, 0.4) is 0 Å². The van der Waals surface area contributed by atoms with E-state index in [1.54, 1.807) is 0 Å². The fourth-order valence-electron chi connectivity index (χ4n) is 1.40. The molecule has 0 fully saturated rings. The fraction of sp³-hybridized carbons (Fsp3) is 0.400. The lowest BCUT2D eigenvalue weighted by atomic mass is 10.1. The lowest BCUT2D eigenvalue weighted by Gasteiger charge is -2.08. The molecule has 1 aromatic rings. The van der Waals surface area contributed by atoms with Gasteiger partial charge in [-0.1, -0.05) is 6.07 Å². The van der Waals surface area contributed by atoms with Crippen molar-refractivity contribution in [2.75, 3.05) is 0 Å². The molecule has 0 aromatic heterocycles. The monoisotopic (exact) mass is 248 g/mol. The van der Waals surface area contributed by atoms with Gasteiger partial charge < -0.3 is 14.4 Å². The van der Waals surface area contributed by atoms with Crippen molar-refractivity contribution >= 4 is 8.80 Å². The van der Waals surface area contributed by atoms with E-state index in [0.717, 1.165) is 6.07 Å². The zero-order chi connectivity index (χ0) is 12.2. The summed E-state index contributed by atoms with van der Waals surface area (Å²) in [7, 11) is -3.97. The standard InChI is InChI=1S/C10H14F2O3Si/c11-9-5-4-8(10(12)7-9)3-1-2-6-16(13,14)15/h4-5,7,13-15H,1-3,6H2. The molecule has 0 radical (unpaired) electrons. The van der Waals surface area contributed by atoms with Crippen molar-refractivity contribution in [2.24, 2.45) is 0 Å². The van der Waals surface area contributed by atoms with Gasteiger partial charge >= 0.3 is 8.80 Å². The minimum atomic E-state index is -3.97. The third-order valence-corrected chi connectivity index (χ3v) is 3.25. The molecule has 3 nitrogen and oxygen atoms in total. The Balaban J connectivity index is 2.38. The van der Waals surface area contributed by atoms with Crippen LogP contribution >= 0.6 is 0 Å². The molecular formula is C10H14F2O3Si. The summed E-state index contributed by atoms with van der Waals surface area (Å²) in [6, 6.07) is 3.31. The van der Waals surface area contributed by atoms with Gasteiger partial charge in [-0.2, -0.15) is 0 Å². The molecular weight excluding hydrogens is 234 g/mol. The van der Waals surface area contributed by atoms with Crippen LogP contribution in [0.1, 0.15) is 18.4 Å². The van der Waals surface area contributed by atoms with Crippen LogP contribution in [0.4, 0.5) is 8.78 Å². The molecule has 6 heteroatoms. The Morgan fingerprint density at radius 2 is 1.75 bits per heavy atom. The van der Waals surface area contributed by atoms with Crippen LogP contribution in [0.15, 0.2) is 18.2 Å². The van der Waals surface area contributed by atoms with Crippen molar-refractivity contribution < 1.29 is 23.2 Å². The first-order valence-corrected chi connectivity index (χ1v) is 7.04. The molecule has 0 heterocycles. The van der Waals surface area contributed by atoms with E-state index in [4.69, 9.17) is 14.4 Å². The zero-order valence-electron chi connectivity index (χ0n) is 8.66. The average molecular weight is 248 g/mol. The Hall–Kier alpha value is -0.823. The lowest BCUT2D eigenvalue weighted by Crippen LogP contribution is -2.34. The molecule has 0 unspecified atom stereocenters. The molecule has 1 rings (SSSR count). The summed E-state index contributed by atoms with van der Waals surface area (Å²) in [4.78, 5) is 26.2. The van der Waals surface area contributed by atoms with Crippen molar-refractivity contribution in [3.8, 4) is 0 Å². The average Bonchev–Trinajstić information content (AvgIpc) is 2.13. The third-order valence-electron chi connectivity index (χ3n) is 2.22. The highest BCUT2D eigenvalue weighted by atomic mass is 28.4. The van der Waals surface area contributed by atoms with Crippen molar-refractivity contribution in [1.29, 1.82) is 0 Å². The summed E-state index contributed by atoms with van der Waals surface area (Å²) in [5.74, 6) is -1.21. The van der Waals surface area contributed by atoms with Crippen molar-refractivity contribution in [1.82, 2.24) is 0 Å².